The minimum atomic E-state index is 0.449. The van der Waals surface area contributed by atoms with Crippen molar-refractivity contribution < 1.29 is 0 Å². The van der Waals surface area contributed by atoms with Crippen molar-refractivity contribution in [3.8, 4) is 0 Å². The van der Waals surface area contributed by atoms with E-state index in [2.05, 4.69) is 21.0 Å². The van der Waals surface area contributed by atoms with Gasteiger partial charge in [-0.3, -0.25) is 0 Å². The molecule has 0 amide bonds. The second kappa shape index (κ2) is 3.94. The van der Waals surface area contributed by atoms with Gasteiger partial charge in [0.05, 0.1) is 6.54 Å². The summed E-state index contributed by atoms with van der Waals surface area (Å²) < 4.78 is 2.73. The Labute approximate surface area is 96.0 Å². The summed E-state index contributed by atoms with van der Waals surface area (Å²) in [6.45, 7) is 0.635. The molecule has 0 unspecified atom stereocenters. The van der Waals surface area contributed by atoms with E-state index in [4.69, 9.17) is 11.5 Å². The Morgan fingerprint density at radius 1 is 1.20 bits per heavy atom. The molecule has 0 bridgehead atoms. The average Bonchev–Trinajstić information content (AvgIpc) is 2.49. The van der Waals surface area contributed by atoms with Gasteiger partial charge in [0.25, 0.3) is 0 Å². The van der Waals surface area contributed by atoms with E-state index in [1.54, 1.807) is 10.7 Å². The molecule has 0 aliphatic heterocycles. The van der Waals surface area contributed by atoms with Gasteiger partial charge in [0.1, 0.15) is 11.6 Å². The zero-order valence-corrected chi connectivity index (χ0v) is 9.61. The topological polar surface area (TPSA) is 69.9 Å². The molecule has 1 aromatic carbocycles. The molecule has 0 fully saturated rings. The fourth-order valence-corrected chi connectivity index (χ4v) is 1.61. The zero-order chi connectivity index (χ0) is 10.8. The maximum absolute atomic E-state index is 5.73. The lowest BCUT2D eigenvalue weighted by Gasteiger charge is -2.03. The molecule has 0 spiro atoms. The maximum Gasteiger partial charge on any atom is 0.147 e. The lowest BCUT2D eigenvalue weighted by molar-refractivity contribution is 0.700. The van der Waals surface area contributed by atoms with Crippen molar-refractivity contribution in [3.63, 3.8) is 0 Å². The predicted molar refractivity (Wildman–Crippen MR) is 64.3 cm³/mol. The van der Waals surface area contributed by atoms with Crippen molar-refractivity contribution in [2.75, 3.05) is 11.5 Å². The molecule has 5 heteroatoms. The summed E-state index contributed by atoms with van der Waals surface area (Å²) in [4.78, 5) is 0. The molecule has 1 aromatic heterocycles. The van der Waals surface area contributed by atoms with Gasteiger partial charge >= 0.3 is 0 Å². The Balaban J connectivity index is 2.21. The van der Waals surface area contributed by atoms with Crippen LogP contribution < -0.4 is 11.5 Å². The molecule has 4 N–H and O–H groups in total. The van der Waals surface area contributed by atoms with E-state index in [9.17, 15) is 0 Å². The van der Waals surface area contributed by atoms with Gasteiger partial charge in [0, 0.05) is 10.5 Å². The van der Waals surface area contributed by atoms with Crippen LogP contribution in [0.3, 0.4) is 0 Å². The number of benzene rings is 1. The van der Waals surface area contributed by atoms with E-state index in [-0.39, 0.29) is 0 Å². The van der Waals surface area contributed by atoms with E-state index in [0.717, 1.165) is 10.0 Å². The summed E-state index contributed by atoms with van der Waals surface area (Å²) in [5.74, 6) is 1.03. The van der Waals surface area contributed by atoms with Gasteiger partial charge in [-0.05, 0) is 17.7 Å². The van der Waals surface area contributed by atoms with Gasteiger partial charge in [-0.2, -0.15) is 5.10 Å². The summed E-state index contributed by atoms with van der Waals surface area (Å²) in [6, 6.07) is 9.65. The van der Waals surface area contributed by atoms with Crippen molar-refractivity contribution in [3.05, 3.63) is 40.4 Å². The quantitative estimate of drug-likeness (QED) is 0.872. The number of rotatable bonds is 2. The molecule has 15 heavy (non-hydrogen) atoms. The van der Waals surface area contributed by atoms with Crippen molar-refractivity contribution in [2.24, 2.45) is 0 Å². The highest BCUT2D eigenvalue weighted by Gasteiger charge is 2.02. The molecular weight excluding hydrogens is 256 g/mol. The third-order valence-corrected chi connectivity index (χ3v) is 2.60. The van der Waals surface area contributed by atoms with E-state index in [0.29, 0.717) is 18.2 Å². The first kappa shape index (κ1) is 10.0. The monoisotopic (exact) mass is 266 g/mol. The highest BCUT2D eigenvalue weighted by atomic mass is 79.9. The number of hydrogen-bond donors (Lipinski definition) is 2. The van der Waals surface area contributed by atoms with E-state index < -0.39 is 0 Å². The minimum absolute atomic E-state index is 0.449. The Hall–Kier alpha value is -1.49. The molecule has 0 aliphatic rings. The Bertz CT molecular complexity index is 461. The molecule has 4 nitrogen and oxygen atoms in total. The van der Waals surface area contributed by atoms with Crippen LogP contribution in [0.25, 0.3) is 0 Å². The first-order valence-corrected chi connectivity index (χ1v) is 5.28. The van der Waals surface area contributed by atoms with Crippen molar-refractivity contribution in [1.29, 1.82) is 0 Å². The van der Waals surface area contributed by atoms with Gasteiger partial charge < -0.3 is 11.5 Å². The van der Waals surface area contributed by atoms with Crippen LogP contribution >= 0.6 is 15.9 Å². The van der Waals surface area contributed by atoms with Crippen LogP contribution in [0.1, 0.15) is 5.56 Å². The number of anilines is 2. The van der Waals surface area contributed by atoms with Gasteiger partial charge in [-0.15, -0.1) is 0 Å². The number of nitrogens with zero attached hydrogens (tertiary/aromatic N) is 2. The highest BCUT2D eigenvalue weighted by molar-refractivity contribution is 9.10. The standard InChI is InChI=1S/C10H11BrN4/c11-8-3-1-7(2-4-8)6-15-10(13)5-9(12)14-15/h1-5H,6,13H2,(H2,12,14). The molecule has 78 valence electrons. The summed E-state index contributed by atoms with van der Waals surface area (Å²) in [6.07, 6.45) is 0. The largest absolute Gasteiger partial charge is 0.384 e. The SMILES string of the molecule is Nc1cc(N)n(Cc2ccc(Br)cc2)n1. The number of nitrogens with two attached hydrogens (primary N) is 2. The summed E-state index contributed by atoms with van der Waals surface area (Å²) in [5.41, 5.74) is 12.4. The fraction of sp³-hybridized carbons (Fsp3) is 0.100. The van der Waals surface area contributed by atoms with Gasteiger partial charge in [0.2, 0.25) is 0 Å². The van der Waals surface area contributed by atoms with Crippen molar-refractivity contribution in [1.82, 2.24) is 9.78 Å². The fourth-order valence-electron chi connectivity index (χ4n) is 1.34. The van der Waals surface area contributed by atoms with E-state index in [1.807, 2.05) is 24.3 Å². The summed E-state index contributed by atoms with van der Waals surface area (Å²) in [7, 11) is 0. The predicted octanol–water partition coefficient (Wildman–Crippen LogP) is 1.86. The molecule has 1 heterocycles. The van der Waals surface area contributed by atoms with Crippen LogP contribution in [-0.2, 0) is 6.54 Å². The normalized spacial score (nSPS) is 10.5. The highest BCUT2D eigenvalue weighted by Crippen LogP contribution is 2.14. The minimum Gasteiger partial charge on any atom is -0.384 e. The second-order valence-corrected chi connectivity index (χ2v) is 4.19. The summed E-state index contributed by atoms with van der Waals surface area (Å²) >= 11 is 3.38. The Morgan fingerprint density at radius 3 is 2.40 bits per heavy atom. The van der Waals surface area contributed by atoms with Crippen LogP contribution in [0, 0.1) is 0 Å². The van der Waals surface area contributed by atoms with E-state index >= 15 is 0 Å². The maximum atomic E-state index is 5.73. The van der Waals surface area contributed by atoms with Crippen LogP contribution in [0.2, 0.25) is 0 Å². The molecule has 2 rings (SSSR count). The first-order valence-electron chi connectivity index (χ1n) is 4.48. The first-order chi connectivity index (χ1) is 7.15. The molecule has 2 aromatic rings. The average molecular weight is 267 g/mol. The molecular formula is C10H11BrN4. The van der Waals surface area contributed by atoms with Crippen LogP contribution in [0.5, 0.6) is 0 Å². The van der Waals surface area contributed by atoms with Gasteiger partial charge in [-0.1, -0.05) is 28.1 Å². The number of hydrogen-bond acceptors (Lipinski definition) is 3. The molecule has 0 atom stereocenters. The lowest BCUT2D eigenvalue weighted by Crippen LogP contribution is -2.05. The van der Waals surface area contributed by atoms with Crippen LogP contribution in [0.4, 0.5) is 11.6 Å². The Morgan fingerprint density at radius 2 is 1.87 bits per heavy atom. The van der Waals surface area contributed by atoms with Crippen LogP contribution in [0.15, 0.2) is 34.8 Å². The van der Waals surface area contributed by atoms with Crippen molar-refractivity contribution >= 4 is 27.6 Å². The smallest absolute Gasteiger partial charge is 0.147 e. The Kier molecular flexibility index (Phi) is 2.64. The van der Waals surface area contributed by atoms with Crippen molar-refractivity contribution in [2.45, 2.75) is 6.54 Å². The van der Waals surface area contributed by atoms with Gasteiger partial charge in [0.15, 0.2) is 0 Å². The van der Waals surface area contributed by atoms with Gasteiger partial charge in [-0.25, -0.2) is 4.68 Å². The molecule has 0 radical (unpaired) electrons. The number of nitrogen functional groups attached to an aromatic ring is 2. The second-order valence-electron chi connectivity index (χ2n) is 3.28. The van der Waals surface area contributed by atoms with Crippen LogP contribution in [-0.4, -0.2) is 9.78 Å². The third kappa shape index (κ3) is 2.30. The van der Waals surface area contributed by atoms with E-state index in [1.165, 1.54) is 0 Å². The summed E-state index contributed by atoms with van der Waals surface area (Å²) in [5, 5.41) is 4.09. The molecule has 0 saturated carbocycles. The molecule has 0 aliphatic carbocycles. The number of aromatic nitrogens is 2. The molecule has 0 saturated heterocycles. The third-order valence-electron chi connectivity index (χ3n) is 2.08. The number of halogens is 1. The zero-order valence-electron chi connectivity index (χ0n) is 8.02. The lowest BCUT2D eigenvalue weighted by atomic mass is 10.2.